The monoisotopic (exact) mass is 235 g/mol. The summed E-state index contributed by atoms with van der Waals surface area (Å²) in [6.45, 7) is 0. The Kier molecular flexibility index (Phi) is 2.65. The summed E-state index contributed by atoms with van der Waals surface area (Å²) in [5.74, 6) is 0. The first-order valence-corrected chi connectivity index (χ1v) is 5.87. The number of hydrogen-bond acceptors (Lipinski definition) is 3. The van der Waals surface area contributed by atoms with Gasteiger partial charge in [-0.1, -0.05) is 24.3 Å². The van der Waals surface area contributed by atoms with E-state index in [2.05, 4.69) is 27.4 Å². The molecule has 1 N–H and O–H groups in total. The number of nitrogens with zero attached hydrogens (tertiary/aromatic N) is 2. The van der Waals surface area contributed by atoms with Crippen LogP contribution in [0.4, 0.5) is 5.69 Å². The van der Waals surface area contributed by atoms with E-state index in [9.17, 15) is 0 Å². The molecular formula is C15H13N3. The number of hydrogen-bond donors (Lipinski definition) is 1. The second kappa shape index (κ2) is 4.45. The van der Waals surface area contributed by atoms with Crippen molar-refractivity contribution in [2.24, 2.45) is 0 Å². The number of anilines is 1. The lowest BCUT2D eigenvalue weighted by Crippen LogP contribution is -1.92. The minimum Gasteiger partial charge on any atom is -0.388 e. The fourth-order valence-corrected chi connectivity index (χ4v) is 1.93. The van der Waals surface area contributed by atoms with E-state index in [1.54, 1.807) is 6.20 Å². The van der Waals surface area contributed by atoms with Crippen molar-refractivity contribution in [1.82, 2.24) is 9.97 Å². The van der Waals surface area contributed by atoms with Crippen LogP contribution in [0.2, 0.25) is 0 Å². The van der Waals surface area contributed by atoms with E-state index < -0.39 is 0 Å². The van der Waals surface area contributed by atoms with Gasteiger partial charge < -0.3 is 5.32 Å². The molecule has 0 spiro atoms. The van der Waals surface area contributed by atoms with Crippen LogP contribution in [0.15, 0.2) is 54.7 Å². The molecule has 18 heavy (non-hydrogen) atoms. The summed E-state index contributed by atoms with van der Waals surface area (Å²) in [6.07, 6.45) is 1.79. The second-order valence-electron chi connectivity index (χ2n) is 4.07. The van der Waals surface area contributed by atoms with Gasteiger partial charge >= 0.3 is 0 Å². The van der Waals surface area contributed by atoms with Crippen molar-refractivity contribution < 1.29 is 0 Å². The normalized spacial score (nSPS) is 10.5. The van der Waals surface area contributed by atoms with Crippen LogP contribution in [0, 0.1) is 0 Å². The summed E-state index contributed by atoms with van der Waals surface area (Å²) in [5, 5.41) is 4.25. The van der Waals surface area contributed by atoms with Crippen LogP contribution < -0.4 is 5.32 Å². The van der Waals surface area contributed by atoms with Crippen LogP contribution in [0.3, 0.4) is 0 Å². The topological polar surface area (TPSA) is 37.8 Å². The molecule has 3 nitrogen and oxygen atoms in total. The van der Waals surface area contributed by atoms with Crippen molar-refractivity contribution in [3.05, 3.63) is 54.7 Å². The van der Waals surface area contributed by atoms with Crippen LogP contribution in [-0.4, -0.2) is 17.0 Å². The summed E-state index contributed by atoms with van der Waals surface area (Å²) < 4.78 is 0. The molecule has 2 aromatic heterocycles. The number of pyridine rings is 2. The zero-order valence-corrected chi connectivity index (χ0v) is 10.1. The number of para-hydroxylation sites is 1. The van der Waals surface area contributed by atoms with E-state index in [0.717, 1.165) is 28.0 Å². The minimum absolute atomic E-state index is 0.882. The lowest BCUT2D eigenvalue weighted by atomic mass is 10.1. The van der Waals surface area contributed by atoms with Gasteiger partial charge in [0.05, 0.1) is 16.9 Å². The summed E-state index contributed by atoms with van der Waals surface area (Å²) in [4.78, 5) is 8.99. The molecule has 0 saturated carbocycles. The molecule has 2 heterocycles. The van der Waals surface area contributed by atoms with Gasteiger partial charge in [-0.25, -0.2) is 4.98 Å². The quantitative estimate of drug-likeness (QED) is 0.740. The molecule has 0 aliphatic carbocycles. The third-order valence-corrected chi connectivity index (χ3v) is 2.91. The van der Waals surface area contributed by atoms with Crippen LogP contribution in [0.5, 0.6) is 0 Å². The zero-order chi connectivity index (χ0) is 12.4. The van der Waals surface area contributed by atoms with E-state index in [1.807, 2.05) is 43.4 Å². The maximum atomic E-state index is 4.63. The zero-order valence-electron chi connectivity index (χ0n) is 10.1. The second-order valence-corrected chi connectivity index (χ2v) is 4.07. The molecule has 0 fully saturated rings. The average molecular weight is 235 g/mol. The van der Waals surface area contributed by atoms with Crippen molar-refractivity contribution in [2.75, 3.05) is 12.4 Å². The van der Waals surface area contributed by atoms with E-state index in [1.165, 1.54) is 0 Å². The van der Waals surface area contributed by atoms with Crippen LogP contribution in [0.25, 0.3) is 22.3 Å². The van der Waals surface area contributed by atoms with Gasteiger partial charge in [-0.3, -0.25) is 4.98 Å². The molecule has 0 radical (unpaired) electrons. The van der Waals surface area contributed by atoms with Gasteiger partial charge in [0.15, 0.2) is 0 Å². The molecule has 3 heteroatoms. The van der Waals surface area contributed by atoms with Crippen molar-refractivity contribution in [3.8, 4) is 11.4 Å². The molecule has 1 aromatic carbocycles. The van der Waals surface area contributed by atoms with Gasteiger partial charge in [0.2, 0.25) is 0 Å². The maximum absolute atomic E-state index is 4.63. The SMILES string of the molecule is CNc1ccnc(-c2ccc3ccccc3n2)c1. The molecule has 0 bridgehead atoms. The molecule has 0 aliphatic heterocycles. The Labute approximate surface area is 106 Å². The Balaban J connectivity index is 2.13. The highest BCUT2D eigenvalue weighted by molar-refractivity contribution is 5.81. The molecule has 0 aliphatic rings. The molecule has 0 atom stereocenters. The first-order chi connectivity index (χ1) is 8.86. The highest BCUT2D eigenvalue weighted by atomic mass is 14.8. The van der Waals surface area contributed by atoms with Gasteiger partial charge in [-0.2, -0.15) is 0 Å². The third-order valence-electron chi connectivity index (χ3n) is 2.91. The Morgan fingerprint density at radius 1 is 0.944 bits per heavy atom. The molecular weight excluding hydrogens is 222 g/mol. The number of nitrogens with one attached hydrogen (secondary N) is 1. The van der Waals surface area contributed by atoms with Gasteiger partial charge in [-0.05, 0) is 24.3 Å². The lowest BCUT2D eigenvalue weighted by Gasteiger charge is -2.04. The van der Waals surface area contributed by atoms with Crippen LogP contribution >= 0.6 is 0 Å². The average Bonchev–Trinajstić information content (AvgIpc) is 2.47. The van der Waals surface area contributed by atoms with Gasteiger partial charge in [-0.15, -0.1) is 0 Å². The van der Waals surface area contributed by atoms with Gasteiger partial charge in [0.25, 0.3) is 0 Å². The number of aromatic nitrogens is 2. The Bertz CT molecular complexity index is 692. The van der Waals surface area contributed by atoms with Crippen LogP contribution in [-0.2, 0) is 0 Å². The van der Waals surface area contributed by atoms with E-state index >= 15 is 0 Å². The standard InChI is InChI=1S/C15H13N3/c1-16-12-8-9-17-15(10-12)14-7-6-11-4-2-3-5-13(11)18-14/h2-10H,1H3,(H,16,17). The van der Waals surface area contributed by atoms with Crippen molar-refractivity contribution in [3.63, 3.8) is 0 Å². The summed E-state index contributed by atoms with van der Waals surface area (Å²) in [7, 11) is 1.90. The number of benzene rings is 1. The molecule has 0 unspecified atom stereocenters. The summed E-state index contributed by atoms with van der Waals surface area (Å²) in [5.41, 5.74) is 3.81. The summed E-state index contributed by atoms with van der Waals surface area (Å²) in [6, 6.07) is 16.1. The molecule has 88 valence electrons. The van der Waals surface area contributed by atoms with Gasteiger partial charge in [0, 0.05) is 24.3 Å². The molecule has 0 amide bonds. The molecule has 3 rings (SSSR count). The number of fused-ring (bicyclic) bond motifs is 1. The largest absolute Gasteiger partial charge is 0.388 e. The third kappa shape index (κ3) is 1.91. The minimum atomic E-state index is 0.882. The maximum Gasteiger partial charge on any atom is 0.0906 e. The molecule has 3 aromatic rings. The first kappa shape index (κ1) is 10.7. The predicted molar refractivity (Wildman–Crippen MR) is 74.5 cm³/mol. The summed E-state index contributed by atoms with van der Waals surface area (Å²) >= 11 is 0. The van der Waals surface area contributed by atoms with Crippen LogP contribution in [0.1, 0.15) is 0 Å². The van der Waals surface area contributed by atoms with E-state index in [4.69, 9.17) is 0 Å². The fraction of sp³-hybridized carbons (Fsp3) is 0.0667. The van der Waals surface area contributed by atoms with Gasteiger partial charge in [0.1, 0.15) is 0 Å². The Morgan fingerprint density at radius 3 is 2.72 bits per heavy atom. The Morgan fingerprint density at radius 2 is 1.83 bits per heavy atom. The lowest BCUT2D eigenvalue weighted by molar-refractivity contribution is 1.27. The highest BCUT2D eigenvalue weighted by Crippen LogP contribution is 2.21. The van der Waals surface area contributed by atoms with E-state index in [-0.39, 0.29) is 0 Å². The van der Waals surface area contributed by atoms with E-state index in [0.29, 0.717) is 0 Å². The molecule has 0 saturated heterocycles. The fourth-order valence-electron chi connectivity index (χ4n) is 1.93. The Hall–Kier alpha value is -2.42. The first-order valence-electron chi connectivity index (χ1n) is 5.87. The smallest absolute Gasteiger partial charge is 0.0906 e. The van der Waals surface area contributed by atoms with Crippen molar-refractivity contribution >= 4 is 16.6 Å². The van der Waals surface area contributed by atoms with Crippen molar-refractivity contribution in [2.45, 2.75) is 0 Å². The van der Waals surface area contributed by atoms with Crippen molar-refractivity contribution in [1.29, 1.82) is 0 Å². The number of rotatable bonds is 2. The predicted octanol–water partition coefficient (Wildman–Crippen LogP) is 3.34. The highest BCUT2D eigenvalue weighted by Gasteiger charge is 2.03.